The zero-order valence-corrected chi connectivity index (χ0v) is 7.28. The minimum atomic E-state index is -0.767. The van der Waals surface area contributed by atoms with Crippen molar-refractivity contribution in [3.8, 4) is 5.75 Å². The Labute approximate surface area is 76.0 Å². The number of carboxylic acids is 1. The van der Waals surface area contributed by atoms with Crippen LogP contribution in [0.1, 0.15) is 17.0 Å². The molecule has 0 spiro atoms. The van der Waals surface area contributed by atoms with Crippen LogP contribution in [0.5, 0.6) is 5.75 Å². The molecule has 13 heavy (non-hydrogen) atoms. The largest absolute Gasteiger partial charge is 0.496 e. The lowest BCUT2D eigenvalue weighted by Crippen LogP contribution is -2.25. The van der Waals surface area contributed by atoms with Gasteiger partial charge in [-0.15, -0.1) is 0 Å². The Hall–Kier alpha value is -1.51. The summed E-state index contributed by atoms with van der Waals surface area (Å²) in [6.07, 6.45) is 0.627. The van der Waals surface area contributed by atoms with Crippen LogP contribution in [0, 0.1) is 0 Å². The highest BCUT2D eigenvalue weighted by Gasteiger charge is 2.34. The fourth-order valence-corrected chi connectivity index (χ4v) is 1.74. The first-order valence-electron chi connectivity index (χ1n) is 4.12. The number of carboxylic acid groups (broad SMARTS) is 1. The van der Waals surface area contributed by atoms with E-state index >= 15 is 0 Å². The summed E-state index contributed by atoms with van der Waals surface area (Å²) < 4.78 is 5.09. The molecular formula is C10H10O3. The first-order valence-corrected chi connectivity index (χ1v) is 4.12. The third-order valence-corrected chi connectivity index (χ3v) is 2.45. The molecule has 0 saturated carbocycles. The highest BCUT2D eigenvalue weighted by molar-refractivity contribution is 5.81. The van der Waals surface area contributed by atoms with Crippen molar-refractivity contribution in [1.29, 1.82) is 0 Å². The van der Waals surface area contributed by atoms with Gasteiger partial charge in [0, 0.05) is 5.56 Å². The molecule has 0 radical (unpaired) electrons. The first-order chi connectivity index (χ1) is 6.24. The van der Waals surface area contributed by atoms with Crippen LogP contribution in [0.25, 0.3) is 0 Å². The minimum absolute atomic E-state index is 0.369. The van der Waals surface area contributed by atoms with E-state index in [0.29, 0.717) is 12.2 Å². The SMILES string of the molecule is COc1cccc2c1C(C(=O)O)C2. The first kappa shape index (κ1) is 8.10. The Balaban J connectivity index is 2.43. The van der Waals surface area contributed by atoms with Crippen LogP contribution >= 0.6 is 0 Å². The van der Waals surface area contributed by atoms with E-state index < -0.39 is 5.97 Å². The van der Waals surface area contributed by atoms with Crippen LogP contribution in [-0.4, -0.2) is 18.2 Å². The van der Waals surface area contributed by atoms with Gasteiger partial charge in [0.25, 0.3) is 0 Å². The number of benzene rings is 1. The minimum Gasteiger partial charge on any atom is -0.496 e. The van der Waals surface area contributed by atoms with Gasteiger partial charge < -0.3 is 9.84 Å². The van der Waals surface area contributed by atoms with E-state index in [0.717, 1.165) is 11.1 Å². The maximum Gasteiger partial charge on any atom is 0.311 e. The summed E-state index contributed by atoms with van der Waals surface area (Å²) in [5.74, 6) is -0.445. The summed E-state index contributed by atoms with van der Waals surface area (Å²) in [4.78, 5) is 10.8. The fraction of sp³-hybridized carbons (Fsp3) is 0.300. The lowest BCUT2D eigenvalue weighted by molar-refractivity contribution is -0.139. The Morgan fingerprint density at radius 2 is 2.38 bits per heavy atom. The number of methoxy groups -OCH3 is 1. The summed E-state index contributed by atoms with van der Waals surface area (Å²) in [6.45, 7) is 0. The van der Waals surface area contributed by atoms with Gasteiger partial charge in [-0.2, -0.15) is 0 Å². The standard InChI is InChI=1S/C10H10O3/c1-13-8-4-2-3-6-5-7(9(6)8)10(11)12/h2-4,7H,5H2,1H3,(H,11,12). The smallest absolute Gasteiger partial charge is 0.311 e. The van der Waals surface area contributed by atoms with E-state index in [9.17, 15) is 4.79 Å². The fourth-order valence-electron chi connectivity index (χ4n) is 1.74. The molecule has 3 nitrogen and oxygen atoms in total. The molecule has 1 N–H and O–H groups in total. The number of hydrogen-bond acceptors (Lipinski definition) is 2. The van der Waals surface area contributed by atoms with Crippen molar-refractivity contribution in [3.63, 3.8) is 0 Å². The molecule has 0 aliphatic heterocycles. The van der Waals surface area contributed by atoms with Gasteiger partial charge in [-0.05, 0) is 18.1 Å². The summed E-state index contributed by atoms with van der Waals surface area (Å²) in [5.41, 5.74) is 1.93. The second kappa shape index (κ2) is 2.76. The van der Waals surface area contributed by atoms with Crippen LogP contribution in [-0.2, 0) is 11.2 Å². The number of ether oxygens (including phenoxy) is 1. The highest BCUT2D eigenvalue weighted by Crippen LogP contribution is 2.41. The Kier molecular flexibility index (Phi) is 1.72. The number of fused-ring (bicyclic) bond motifs is 1. The van der Waals surface area contributed by atoms with E-state index in [-0.39, 0.29) is 5.92 Å². The van der Waals surface area contributed by atoms with E-state index in [1.54, 1.807) is 13.2 Å². The van der Waals surface area contributed by atoms with Crippen LogP contribution in [0.4, 0.5) is 0 Å². The summed E-state index contributed by atoms with van der Waals surface area (Å²) in [6, 6.07) is 5.63. The van der Waals surface area contributed by atoms with Crippen molar-refractivity contribution in [1.82, 2.24) is 0 Å². The number of hydrogen-bond donors (Lipinski definition) is 1. The van der Waals surface area contributed by atoms with Gasteiger partial charge >= 0.3 is 5.97 Å². The van der Waals surface area contributed by atoms with Crippen molar-refractivity contribution in [3.05, 3.63) is 29.3 Å². The maximum atomic E-state index is 10.8. The van der Waals surface area contributed by atoms with Gasteiger partial charge in [0.15, 0.2) is 0 Å². The monoisotopic (exact) mass is 178 g/mol. The summed E-state index contributed by atoms with van der Waals surface area (Å²) in [7, 11) is 1.56. The number of aliphatic carboxylic acids is 1. The average molecular weight is 178 g/mol. The molecule has 0 bridgehead atoms. The van der Waals surface area contributed by atoms with Gasteiger partial charge in [0.05, 0.1) is 13.0 Å². The van der Waals surface area contributed by atoms with E-state index in [4.69, 9.17) is 9.84 Å². The van der Waals surface area contributed by atoms with Crippen LogP contribution in [0.3, 0.4) is 0 Å². The second-order valence-electron chi connectivity index (χ2n) is 3.13. The number of carbonyl (C=O) groups is 1. The van der Waals surface area contributed by atoms with Crippen molar-refractivity contribution >= 4 is 5.97 Å². The molecule has 2 rings (SSSR count). The zero-order chi connectivity index (χ0) is 9.42. The van der Waals surface area contributed by atoms with Crippen LogP contribution in [0.15, 0.2) is 18.2 Å². The molecule has 1 aliphatic rings. The molecular weight excluding hydrogens is 168 g/mol. The Bertz CT molecular complexity index is 357. The Morgan fingerprint density at radius 1 is 1.62 bits per heavy atom. The molecule has 1 aliphatic carbocycles. The lowest BCUT2D eigenvalue weighted by atomic mass is 9.77. The topological polar surface area (TPSA) is 46.5 Å². The van der Waals surface area contributed by atoms with Gasteiger partial charge in [0.2, 0.25) is 0 Å². The quantitative estimate of drug-likeness (QED) is 0.745. The molecule has 0 aromatic heterocycles. The predicted octanol–water partition coefficient (Wildman–Crippen LogP) is 1.42. The molecule has 68 valence electrons. The van der Waals surface area contributed by atoms with Crippen molar-refractivity contribution < 1.29 is 14.6 Å². The van der Waals surface area contributed by atoms with Gasteiger partial charge in [-0.25, -0.2) is 0 Å². The molecule has 0 heterocycles. The van der Waals surface area contributed by atoms with Crippen molar-refractivity contribution in [2.75, 3.05) is 7.11 Å². The molecule has 0 saturated heterocycles. The molecule has 0 amide bonds. The number of rotatable bonds is 2. The van der Waals surface area contributed by atoms with E-state index in [2.05, 4.69) is 0 Å². The zero-order valence-electron chi connectivity index (χ0n) is 7.28. The van der Waals surface area contributed by atoms with E-state index in [1.807, 2.05) is 12.1 Å². The molecule has 0 fully saturated rings. The Morgan fingerprint density at radius 3 is 3.00 bits per heavy atom. The predicted molar refractivity (Wildman–Crippen MR) is 47.1 cm³/mol. The molecule has 3 heteroatoms. The normalized spacial score (nSPS) is 18.7. The highest BCUT2D eigenvalue weighted by atomic mass is 16.5. The average Bonchev–Trinajstić information content (AvgIpc) is 2.05. The third-order valence-electron chi connectivity index (χ3n) is 2.45. The summed E-state index contributed by atoms with van der Waals surface area (Å²) >= 11 is 0. The van der Waals surface area contributed by atoms with E-state index in [1.165, 1.54) is 0 Å². The van der Waals surface area contributed by atoms with Crippen LogP contribution in [0.2, 0.25) is 0 Å². The van der Waals surface area contributed by atoms with Gasteiger partial charge in [-0.1, -0.05) is 12.1 Å². The summed E-state index contributed by atoms with van der Waals surface area (Å²) in [5, 5.41) is 8.84. The molecule has 1 aromatic rings. The maximum absolute atomic E-state index is 10.8. The molecule has 1 aromatic carbocycles. The second-order valence-corrected chi connectivity index (χ2v) is 3.13. The lowest BCUT2D eigenvalue weighted by Gasteiger charge is -2.28. The molecule has 1 atom stereocenters. The van der Waals surface area contributed by atoms with Crippen LogP contribution < -0.4 is 4.74 Å². The van der Waals surface area contributed by atoms with Gasteiger partial charge in [0.1, 0.15) is 5.75 Å². The van der Waals surface area contributed by atoms with Gasteiger partial charge in [-0.3, -0.25) is 4.79 Å². The third kappa shape index (κ3) is 1.08. The van der Waals surface area contributed by atoms with Crippen molar-refractivity contribution in [2.24, 2.45) is 0 Å². The molecule has 1 unspecified atom stereocenters. The van der Waals surface area contributed by atoms with Crippen molar-refractivity contribution in [2.45, 2.75) is 12.3 Å².